The predicted molar refractivity (Wildman–Crippen MR) is 71.3 cm³/mol. The number of rotatable bonds is 2. The summed E-state index contributed by atoms with van der Waals surface area (Å²) in [6.45, 7) is 9.84. The van der Waals surface area contributed by atoms with Crippen molar-refractivity contribution < 1.29 is 0 Å². The number of hydrogen-bond acceptors (Lipinski definition) is 0. The zero-order chi connectivity index (χ0) is 11.8. The molecule has 2 atom stereocenters. The van der Waals surface area contributed by atoms with Crippen LogP contribution in [0, 0.1) is 29.1 Å². The highest BCUT2D eigenvalue weighted by Crippen LogP contribution is 2.56. The zero-order valence-electron chi connectivity index (χ0n) is 11.5. The van der Waals surface area contributed by atoms with Crippen LogP contribution in [0.5, 0.6) is 0 Å². The van der Waals surface area contributed by atoms with Gasteiger partial charge < -0.3 is 0 Å². The van der Waals surface area contributed by atoms with Crippen molar-refractivity contribution in [2.75, 3.05) is 0 Å². The zero-order valence-corrected chi connectivity index (χ0v) is 11.5. The van der Waals surface area contributed by atoms with Crippen LogP contribution in [-0.4, -0.2) is 0 Å². The molecule has 2 bridgehead atoms. The first-order chi connectivity index (χ1) is 7.57. The molecule has 3 aliphatic carbocycles. The van der Waals surface area contributed by atoms with Gasteiger partial charge in [-0.15, -0.1) is 0 Å². The maximum absolute atomic E-state index is 2.47. The van der Waals surface area contributed by atoms with Crippen LogP contribution in [0.4, 0.5) is 0 Å². The molecule has 16 heavy (non-hydrogen) atoms. The standard InChI is InChI=1S/C16H28/c1-12(2)16(13(3)4)11-14-7-5-6-8-15(16)10-9-14/h5-6,12-15H,7-11H2,1-4H3/b6-5-. The molecule has 0 amide bonds. The Morgan fingerprint density at radius 2 is 1.56 bits per heavy atom. The number of fused-ring (bicyclic) bond motifs is 4. The summed E-state index contributed by atoms with van der Waals surface area (Å²) >= 11 is 0. The van der Waals surface area contributed by atoms with Crippen LogP contribution in [0.2, 0.25) is 0 Å². The van der Waals surface area contributed by atoms with Crippen LogP contribution < -0.4 is 0 Å². The Kier molecular flexibility index (Phi) is 3.47. The first-order valence-corrected chi connectivity index (χ1v) is 7.22. The van der Waals surface area contributed by atoms with E-state index in [0.29, 0.717) is 5.41 Å². The minimum absolute atomic E-state index is 0.619. The average molecular weight is 220 g/mol. The van der Waals surface area contributed by atoms with E-state index in [4.69, 9.17) is 0 Å². The normalized spacial score (nSPS) is 35.1. The fourth-order valence-electron chi connectivity index (χ4n) is 4.64. The van der Waals surface area contributed by atoms with E-state index in [1.807, 2.05) is 0 Å². The van der Waals surface area contributed by atoms with E-state index in [-0.39, 0.29) is 0 Å². The lowest BCUT2D eigenvalue weighted by atomic mass is 9.51. The van der Waals surface area contributed by atoms with Gasteiger partial charge in [-0.2, -0.15) is 0 Å². The lowest BCUT2D eigenvalue weighted by Gasteiger charge is -2.53. The lowest BCUT2D eigenvalue weighted by molar-refractivity contribution is -0.0325. The summed E-state index contributed by atoms with van der Waals surface area (Å²) in [5.41, 5.74) is 0.619. The van der Waals surface area contributed by atoms with Crippen molar-refractivity contribution in [1.82, 2.24) is 0 Å². The SMILES string of the molecule is CC(C)C1(C(C)C)CC2C/C=C\CC1CC2. The number of allylic oxidation sites excluding steroid dienone is 2. The Morgan fingerprint density at radius 1 is 0.938 bits per heavy atom. The van der Waals surface area contributed by atoms with E-state index in [1.165, 1.54) is 32.1 Å². The van der Waals surface area contributed by atoms with Gasteiger partial charge in [-0.25, -0.2) is 0 Å². The second kappa shape index (κ2) is 4.55. The highest BCUT2D eigenvalue weighted by molar-refractivity contribution is 5.03. The second-order valence-electron chi connectivity index (χ2n) is 6.71. The summed E-state index contributed by atoms with van der Waals surface area (Å²) in [6.07, 6.45) is 12.0. The maximum Gasteiger partial charge on any atom is -0.0217 e. The van der Waals surface area contributed by atoms with Crippen LogP contribution in [0.15, 0.2) is 12.2 Å². The summed E-state index contributed by atoms with van der Waals surface area (Å²) in [4.78, 5) is 0. The van der Waals surface area contributed by atoms with Crippen molar-refractivity contribution in [3.05, 3.63) is 12.2 Å². The van der Waals surface area contributed by atoms with Gasteiger partial charge in [0.2, 0.25) is 0 Å². The first kappa shape index (κ1) is 12.2. The summed E-state index contributed by atoms with van der Waals surface area (Å²) in [6, 6.07) is 0. The van der Waals surface area contributed by atoms with Gasteiger partial charge in [0.1, 0.15) is 0 Å². The molecule has 0 N–H and O–H groups in total. The molecule has 0 radical (unpaired) electrons. The fraction of sp³-hybridized carbons (Fsp3) is 0.875. The van der Waals surface area contributed by atoms with Crippen molar-refractivity contribution in [2.24, 2.45) is 29.1 Å². The topological polar surface area (TPSA) is 0 Å². The molecule has 0 aliphatic heterocycles. The van der Waals surface area contributed by atoms with Gasteiger partial charge in [0.15, 0.2) is 0 Å². The highest BCUT2D eigenvalue weighted by atomic mass is 14.5. The molecule has 0 spiro atoms. The lowest BCUT2D eigenvalue weighted by Crippen LogP contribution is -2.45. The summed E-state index contributed by atoms with van der Waals surface area (Å²) < 4.78 is 0. The minimum atomic E-state index is 0.619. The fourth-order valence-corrected chi connectivity index (χ4v) is 4.64. The molecule has 0 heterocycles. The second-order valence-corrected chi connectivity index (χ2v) is 6.71. The molecule has 0 saturated heterocycles. The van der Waals surface area contributed by atoms with Gasteiger partial charge in [0, 0.05) is 0 Å². The smallest absolute Gasteiger partial charge is 0.0217 e. The van der Waals surface area contributed by atoms with Gasteiger partial charge in [0.05, 0.1) is 0 Å². The molecule has 1 fully saturated rings. The summed E-state index contributed by atoms with van der Waals surface area (Å²) in [5, 5.41) is 0. The largest absolute Gasteiger partial charge is 0.0883 e. The molecule has 3 rings (SSSR count). The van der Waals surface area contributed by atoms with Gasteiger partial charge in [-0.05, 0) is 61.2 Å². The highest BCUT2D eigenvalue weighted by Gasteiger charge is 2.47. The average Bonchev–Trinajstić information content (AvgIpc) is 2.17. The molecule has 2 unspecified atom stereocenters. The van der Waals surface area contributed by atoms with Crippen molar-refractivity contribution in [1.29, 1.82) is 0 Å². The van der Waals surface area contributed by atoms with Gasteiger partial charge in [-0.1, -0.05) is 39.8 Å². The van der Waals surface area contributed by atoms with Crippen LogP contribution in [0.3, 0.4) is 0 Å². The summed E-state index contributed by atoms with van der Waals surface area (Å²) in [7, 11) is 0. The van der Waals surface area contributed by atoms with E-state index in [0.717, 1.165) is 23.7 Å². The molecular weight excluding hydrogens is 192 g/mol. The van der Waals surface area contributed by atoms with Crippen LogP contribution >= 0.6 is 0 Å². The van der Waals surface area contributed by atoms with Crippen molar-refractivity contribution >= 4 is 0 Å². The van der Waals surface area contributed by atoms with Gasteiger partial charge in [0.25, 0.3) is 0 Å². The van der Waals surface area contributed by atoms with Crippen molar-refractivity contribution in [3.8, 4) is 0 Å². The maximum atomic E-state index is 2.47. The predicted octanol–water partition coefficient (Wildman–Crippen LogP) is 5.05. The van der Waals surface area contributed by atoms with E-state index in [2.05, 4.69) is 39.8 Å². The Morgan fingerprint density at radius 3 is 2.19 bits per heavy atom. The minimum Gasteiger partial charge on any atom is -0.0883 e. The van der Waals surface area contributed by atoms with Crippen LogP contribution in [0.1, 0.15) is 59.8 Å². The van der Waals surface area contributed by atoms with Gasteiger partial charge >= 0.3 is 0 Å². The van der Waals surface area contributed by atoms with Crippen molar-refractivity contribution in [2.45, 2.75) is 59.8 Å². The first-order valence-electron chi connectivity index (χ1n) is 7.22. The third kappa shape index (κ3) is 1.85. The molecular formula is C16H28. The molecule has 1 saturated carbocycles. The van der Waals surface area contributed by atoms with E-state index >= 15 is 0 Å². The molecule has 3 aliphatic rings. The molecule has 92 valence electrons. The molecule has 0 aromatic heterocycles. The monoisotopic (exact) mass is 220 g/mol. The van der Waals surface area contributed by atoms with E-state index < -0.39 is 0 Å². The quantitative estimate of drug-likeness (QED) is 0.571. The van der Waals surface area contributed by atoms with Gasteiger partial charge in [-0.3, -0.25) is 0 Å². The third-order valence-corrected chi connectivity index (χ3v) is 5.53. The number of hydrogen-bond donors (Lipinski definition) is 0. The Balaban J connectivity index is 2.34. The van der Waals surface area contributed by atoms with Crippen LogP contribution in [-0.2, 0) is 0 Å². The third-order valence-electron chi connectivity index (χ3n) is 5.53. The Bertz CT molecular complexity index is 251. The molecule has 0 aromatic carbocycles. The Hall–Kier alpha value is -0.260. The Labute approximate surface area is 102 Å². The van der Waals surface area contributed by atoms with E-state index in [9.17, 15) is 0 Å². The van der Waals surface area contributed by atoms with E-state index in [1.54, 1.807) is 0 Å². The summed E-state index contributed by atoms with van der Waals surface area (Å²) in [5.74, 6) is 3.59. The molecule has 0 nitrogen and oxygen atoms in total. The van der Waals surface area contributed by atoms with Crippen LogP contribution in [0.25, 0.3) is 0 Å². The molecule has 0 heteroatoms. The van der Waals surface area contributed by atoms with Crippen molar-refractivity contribution in [3.63, 3.8) is 0 Å². The molecule has 0 aromatic rings.